The number of anilines is 1. The van der Waals surface area contributed by atoms with E-state index in [4.69, 9.17) is 5.21 Å². The molecule has 1 aromatic carbocycles. The number of nitrogens with one attached hydrogen (secondary N) is 1. The molecule has 4 rings (SSSR count). The van der Waals surface area contributed by atoms with Crippen LogP contribution in [0.1, 0.15) is 33.0 Å². The van der Waals surface area contributed by atoms with E-state index in [1.54, 1.807) is 11.5 Å². The molecule has 2 N–H and O–H groups in total. The molecule has 0 radical (unpaired) electrons. The number of para-hydroxylation sites is 1. The highest BCUT2D eigenvalue weighted by Gasteiger charge is 2.43. The van der Waals surface area contributed by atoms with Gasteiger partial charge in [-0.25, -0.2) is 5.48 Å². The van der Waals surface area contributed by atoms with Gasteiger partial charge in [-0.1, -0.05) is 18.2 Å². The number of rotatable bonds is 3. The predicted octanol–water partition coefficient (Wildman–Crippen LogP) is 2.85. The first-order chi connectivity index (χ1) is 12.1. The van der Waals surface area contributed by atoms with E-state index in [1.807, 2.05) is 6.07 Å². The Balaban J connectivity index is 1.59. The van der Waals surface area contributed by atoms with Crippen LogP contribution in [0.25, 0.3) is 0 Å². The molecular weight excluding hydrogens is 334 g/mol. The van der Waals surface area contributed by atoms with Crippen LogP contribution in [-0.4, -0.2) is 42.7 Å². The molecule has 0 bridgehead atoms. The largest absolute Gasteiger partial charge is 0.365 e. The number of hydrogen-bond acceptors (Lipinski definition) is 5. The molecule has 2 aliphatic heterocycles. The van der Waals surface area contributed by atoms with Crippen LogP contribution >= 0.6 is 11.3 Å². The number of amides is 1. The molecule has 132 valence electrons. The molecule has 1 aromatic heterocycles. The minimum absolute atomic E-state index is 0.256. The van der Waals surface area contributed by atoms with E-state index in [-0.39, 0.29) is 5.41 Å². The Bertz CT molecular complexity index is 780. The van der Waals surface area contributed by atoms with E-state index in [9.17, 15) is 4.79 Å². The smallest absolute Gasteiger partial charge is 0.284 e. The first kappa shape index (κ1) is 16.6. The van der Waals surface area contributed by atoms with Gasteiger partial charge >= 0.3 is 0 Å². The van der Waals surface area contributed by atoms with Crippen LogP contribution < -0.4 is 10.4 Å². The molecule has 0 saturated carbocycles. The summed E-state index contributed by atoms with van der Waals surface area (Å²) in [5.74, 6) is -0.440. The number of carbonyl (C=O) groups is 1. The van der Waals surface area contributed by atoms with Crippen molar-refractivity contribution in [3.8, 4) is 0 Å². The number of fused-ring (bicyclic) bond motifs is 2. The van der Waals surface area contributed by atoms with Crippen molar-refractivity contribution < 1.29 is 10.0 Å². The number of hydrogen-bond donors (Lipinski definition) is 2. The third-order valence-electron chi connectivity index (χ3n) is 5.59. The van der Waals surface area contributed by atoms with Gasteiger partial charge in [-0.3, -0.25) is 10.0 Å². The molecule has 3 heterocycles. The van der Waals surface area contributed by atoms with Crippen molar-refractivity contribution in [1.82, 2.24) is 10.4 Å². The van der Waals surface area contributed by atoms with Gasteiger partial charge in [0, 0.05) is 22.5 Å². The number of piperidine rings is 1. The van der Waals surface area contributed by atoms with E-state index >= 15 is 0 Å². The van der Waals surface area contributed by atoms with E-state index < -0.39 is 5.91 Å². The Labute approximate surface area is 151 Å². The van der Waals surface area contributed by atoms with Gasteiger partial charge in [0.15, 0.2) is 0 Å². The molecule has 0 unspecified atom stereocenters. The second-order valence-electron chi connectivity index (χ2n) is 7.16. The van der Waals surface area contributed by atoms with Crippen molar-refractivity contribution in [2.45, 2.75) is 24.8 Å². The third kappa shape index (κ3) is 2.94. The Morgan fingerprint density at radius 2 is 2.00 bits per heavy atom. The summed E-state index contributed by atoms with van der Waals surface area (Å²) in [5, 5.41) is 8.79. The van der Waals surface area contributed by atoms with Crippen LogP contribution in [0.15, 0.2) is 36.4 Å². The van der Waals surface area contributed by atoms with Crippen LogP contribution in [0.4, 0.5) is 5.69 Å². The van der Waals surface area contributed by atoms with Gasteiger partial charge in [0.25, 0.3) is 5.91 Å². The number of thiophene rings is 1. The molecule has 6 heteroatoms. The zero-order chi connectivity index (χ0) is 17.4. The maximum Gasteiger partial charge on any atom is 0.284 e. The van der Waals surface area contributed by atoms with E-state index in [0.29, 0.717) is 4.88 Å². The zero-order valence-corrected chi connectivity index (χ0v) is 15.2. The molecule has 25 heavy (non-hydrogen) atoms. The van der Waals surface area contributed by atoms with Gasteiger partial charge in [0.2, 0.25) is 0 Å². The summed E-state index contributed by atoms with van der Waals surface area (Å²) in [6.45, 7) is 4.13. The summed E-state index contributed by atoms with van der Waals surface area (Å²) in [5.41, 5.74) is 4.77. The van der Waals surface area contributed by atoms with E-state index in [0.717, 1.165) is 31.1 Å². The van der Waals surface area contributed by atoms with E-state index in [2.05, 4.69) is 41.1 Å². The molecule has 1 saturated heterocycles. The lowest BCUT2D eigenvalue weighted by atomic mass is 9.74. The summed E-state index contributed by atoms with van der Waals surface area (Å²) >= 11 is 1.44. The molecule has 2 aromatic rings. The zero-order valence-electron chi connectivity index (χ0n) is 14.4. The quantitative estimate of drug-likeness (QED) is 0.655. The summed E-state index contributed by atoms with van der Waals surface area (Å²) < 4.78 is 0. The topological polar surface area (TPSA) is 55.8 Å². The molecule has 1 spiro atoms. The minimum Gasteiger partial charge on any atom is -0.365 e. The van der Waals surface area contributed by atoms with Gasteiger partial charge in [-0.05, 0) is 56.7 Å². The standard InChI is InChI=1S/C19H23N3O2S/c1-21-10-8-19(9-11-21)13-22(16-5-3-2-4-15(16)19)12-14-6-7-17(25-14)18(23)20-24/h2-7,24H,8-13H2,1H3,(H,20,23). The maximum absolute atomic E-state index is 11.6. The average molecular weight is 357 g/mol. The van der Waals surface area contributed by atoms with Crippen LogP contribution in [-0.2, 0) is 12.0 Å². The van der Waals surface area contributed by atoms with Crippen molar-refractivity contribution in [1.29, 1.82) is 0 Å². The summed E-state index contributed by atoms with van der Waals surface area (Å²) in [7, 11) is 2.20. The van der Waals surface area contributed by atoms with Crippen molar-refractivity contribution >= 4 is 22.9 Å². The molecule has 1 amide bonds. The number of likely N-dealkylation sites (tertiary alicyclic amines) is 1. The predicted molar refractivity (Wildman–Crippen MR) is 99.5 cm³/mol. The summed E-state index contributed by atoms with van der Waals surface area (Å²) in [4.78, 5) is 18.1. The molecule has 0 atom stereocenters. The highest BCUT2D eigenvalue weighted by molar-refractivity contribution is 7.14. The average Bonchev–Trinajstić information content (AvgIpc) is 3.22. The molecule has 2 aliphatic rings. The van der Waals surface area contributed by atoms with Gasteiger partial charge in [0.1, 0.15) is 0 Å². The maximum atomic E-state index is 11.6. The van der Waals surface area contributed by atoms with Crippen LogP contribution in [0, 0.1) is 0 Å². The fourth-order valence-electron chi connectivity index (χ4n) is 4.18. The molecule has 5 nitrogen and oxygen atoms in total. The second-order valence-corrected chi connectivity index (χ2v) is 8.33. The number of hydroxylamine groups is 1. The first-order valence-electron chi connectivity index (χ1n) is 8.67. The molecular formula is C19H23N3O2S. The Morgan fingerprint density at radius 3 is 2.76 bits per heavy atom. The SMILES string of the molecule is CN1CCC2(CC1)CN(Cc1ccc(C(=O)NO)s1)c1ccccc12. The van der Waals surface area contributed by atoms with Gasteiger partial charge in [-0.2, -0.15) is 0 Å². The Hall–Kier alpha value is -1.89. The Kier molecular flexibility index (Phi) is 4.27. The monoisotopic (exact) mass is 357 g/mol. The van der Waals surface area contributed by atoms with Crippen molar-refractivity contribution in [3.63, 3.8) is 0 Å². The fraction of sp³-hybridized carbons (Fsp3) is 0.421. The van der Waals surface area contributed by atoms with Crippen LogP contribution in [0.3, 0.4) is 0 Å². The van der Waals surface area contributed by atoms with E-state index in [1.165, 1.54) is 35.4 Å². The van der Waals surface area contributed by atoms with Crippen LogP contribution in [0.5, 0.6) is 0 Å². The van der Waals surface area contributed by atoms with Gasteiger partial charge < -0.3 is 9.80 Å². The first-order valence-corrected chi connectivity index (χ1v) is 9.49. The van der Waals surface area contributed by atoms with Gasteiger partial charge in [-0.15, -0.1) is 11.3 Å². The fourth-order valence-corrected chi connectivity index (χ4v) is 5.09. The van der Waals surface area contributed by atoms with Crippen molar-refractivity contribution in [3.05, 3.63) is 51.7 Å². The normalized spacial score (nSPS) is 19.2. The number of carbonyl (C=O) groups excluding carboxylic acids is 1. The van der Waals surface area contributed by atoms with Crippen molar-refractivity contribution in [2.75, 3.05) is 31.6 Å². The minimum atomic E-state index is -0.440. The summed E-state index contributed by atoms with van der Waals surface area (Å²) in [6.07, 6.45) is 2.39. The summed E-state index contributed by atoms with van der Waals surface area (Å²) in [6, 6.07) is 12.5. The third-order valence-corrected chi connectivity index (χ3v) is 6.66. The Morgan fingerprint density at radius 1 is 1.24 bits per heavy atom. The highest BCUT2D eigenvalue weighted by Crippen LogP contribution is 2.47. The van der Waals surface area contributed by atoms with Crippen molar-refractivity contribution in [2.24, 2.45) is 0 Å². The van der Waals surface area contributed by atoms with Gasteiger partial charge in [0.05, 0.1) is 11.4 Å². The number of benzene rings is 1. The number of nitrogens with zero attached hydrogens (tertiary/aromatic N) is 2. The lowest BCUT2D eigenvalue weighted by molar-refractivity contribution is 0.0711. The molecule has 1 fully saturated rings. The van der Waals surface area contributed by atoms with Crippen LogP contribution in [0.2, 0.25) is 0 Å². The molecule has 0 aliphatic carbocycles. The second kappa shape index (κ2) is 6.44. The lowest BCUT2D eigenvalue weighted by Crippen LogP contribution is -2.43. The lowest BCUT2D eigenvalue weighted by Gasteiger charge is -2.38. The highest BCUT2D eigenvalue weighted by atomic mass is 32.1.